The molecule has 100 valence electrons. The summed E-state index contributed by atoms with van der Waals surface area (Å²) < 4.78 is 19.5. The van der Waals surface area contributed by atoms with E-state index in [1.807, 2.05) is 30.3 Å². The summed E-state index contributed by atoms with van der Waals surface area (Å²) in [6.45, 7) is 1.16. The minimum atomic E-state index is -0.262. The van der Waals surface area contributed by atoms with Crippen molar-refractivity contribution in [1.29, 1.82) is 0 Å². The van der Waals surface area contributed by atoms with Crippen molar-refractivity contribution in [2.75, 3.05) is 12.4 Å². The molecule has 0 aliphatic heterocycles. The lowest BCUT2D eigenvalue weighted by molar-refractivity contribution is 0.185. The molecule has 0 radical (unpaired) electrons. The number of halogens is 2. The molecule has 0 fully saturated rings. The van der Waals surface area contributed by atoms with E-state index in [4.69, 9.17) is 4.74 Å². The molecule has 2 nitrogen and oxygen atoms in total. The SMILES string of the molecule is COCc1cccc(CNc2ccc(Br)cc2F)c1. The molecular weight excluding hydrogens is 309 g/mol. The lowest BCUT2D eigenvalue weighted by Gasteiger charge is -2.09. The van der Waals surface area contributed by atoms with Crippen molar-refractivity contribution in [3.63, 3.8) is 0 Å². The molecule has 4 heteroatoms. The van der Waals surface area contributed by atoms with Crippen molar-refractivity contribution in [3.8, 4) is 0 Å². The van der Waals surface area contributed by atoms with Crippen LogP contribution in [0.1, 0.15) is 11.1 Å². The van der Waals surface area contributed by atoms with Crippen LogP contribution in [0.5, 0.6) is 0 Å². The van der Waals surface area contributed by atoms with Crippen LogP contribution in [-0.2, 0) is 17.9 Å². The van der Waals surface area contributed by atoms with Gasteiger partial charge < -0.3 is 10.1 Å². The van der Waals surface area contributed by atoms with Crippen molar-refractivity contribution in [2.45, 2.75) is 13.2 Å². The largest absolute Gasteiger partial charge is 0.380 e. The van der Waals surface area contributed by atoms with Crippen LogP contribution < -0.4 is 5.32 Å². The molecule has 2 rings (SSSR count). The highest BCUT2D eigenvalue weighted by atomic mass is 79.9. The Morgan fingerprint density at radius 1 is 1.16 bits per heavy atom. The normalized spacial score (nSPS) is 10.5. The summed E-state index contributed by atoms with van der Waals surface area (Å²) in [5, 5.41) is 3.09. The van der Waals surface area contributed by atoms with Gasteiger partial charge in [0.15, 0.2) is 0 Å². The summed E-state index contributed by atoms with van der Waals surface area (Å²) in [7, 11) is 1.67. The van der Waals surface area contributed by atoms with Gasteiger partial charge in [-0.1, -0.05) is 40.2 Å². The molecule has 2 aromatic carbocycles. The molecule has 19 heavy (non-hydrogen) atoms. The second kappa shape index (κ2) is 6.68. The lowest BCUT2D eigenvalue weighted by Crippen LogP contribution is -2.02. The number of hydrogen-bond donors (Lipinski definition) is 1. The first-order valence-corrected chi connectivity index (χ1v) is 6.74. The van der Waals surface area contributed by atoms with Crippen LogP contribution in [0.3, 0.4) is 0 Å². The molecule has 0 aliphatic rings. The van der Waals surface area contributed by atoms with Gasteiger partial charge in [0.05, 0.1) is 12.3 Å². The molecule has 0 amide bonds. The fraction of sp³-hybridized carbons (Fsp3) is 0.200. The highest BCUT2D eigenvalue weighted by molar-refractivity contribution is 9.10. The van der Waals surface area contributed by atoms with Crippen LogP contribution in [0.25, 0.3) is 0 Å². The number of anilines is 1. The highest BCUT2D eigenvalue weighted by Crippen LogP contribution is 2.20. The maximum absolute atomic E-state index is 13.6. The minimum Gasteiger partial charge on any atom is -0.380 e. The van der Waals surface area contributed by atoms with E-state index >= 15 is 0 Å². The number of methoxy groups -OCH3 is 1. The predicted octanol–water partition coefficient (Wildman–Crippen LogP) is 4.35. The molecule has 0 aromatic heterocycles. The van der Waals surface area contributed by atoms with Gasteiger partial charge in [0.25, 0.3) is 0 Å². The van der Waals surface area contributed by atoms with Crippen molar-refractivity contribution in [3.05, 3.63) is 63.9 Å². The number of ether oxygens (including phenoxy) is 1. The van der Waals surface area contributed by atoms with Crippen LogP contribution in [0.2, 0.25) is 0 Å². The maximum atomic E-state index is 13.6. The van der Waals surface area contributed by atoms with Crippen LogP contribution in [-0.4, -0.2) is 7.11 Å². The Labute approximate surface area is 120 Å². The van der Waals surface area contributed by atoms with Gasteiger partial charge in [-0.3, -0.25) is 0 Å². The zero-order valence-electron chi connectivity index (χ0n) is 10.6. The Kier molecular flexibility index (Phi) is 4.93. The van der Waals surface area contributed by atoms with Crippen LogP contribution in [0.4, 0.5) is 10.1 Å². The topological polar surface area (TPSA) is 21.3 Å². The first-order valence-electron chi connectivity index (χ1n) is 5.94. The molecule has 2 aromatic rings. The van der Waals surface area contributed by atoms with Gasteiger partial charge in [0.2, 0.25) is 0 Å². The van der Waals surface area contributed by atoms with Gasteiger partial charge in [-0.25, -0.2) is 4.39 Å². The summed E-state index contributed by atoms with van der Waals surface area (Å²) >= 11 is 3.24. The zero-order valence-corrected chi connectivity index (χ0v) is 12.2. The monoisotopic (exact) mass is 323 g/mol. The average Bonchev–Trinajstić information content (AvgIpc) is 2.38. The van der Waals surface area contributed by atoms with Gasteiger partial charge in [0.1, 0.15) is 5.82 Å². The third-order valence-electron chi connectivity index (χ3n) is 2.72. The van der Waals surface area contributed by atoms with Gasteiger partial charge in [-0.15, -0.1) is 0 Å². The van der Waals surface area contributed by atoms with E-state index in [0.717, 1.165) is 15.6 Å². The zero-order chi connectivity index (χ0) is 13.7. The minimum absolute atomic E-state index is 0.262. The van der Waals surface area contributed by atoms with Crippen molar-refractivity contribution in [2.24, 2.45) is 0 Å². The second-order valence-electron chi connectivity index (χ2n) is 4.23. The summed E-state index contributed by atoms with van der Waals surface area (Å²) in [4.78, 5) is 0. The van der Waals surface area contributed by atoms with E-state index in [-0.39, 0.29) is 5.82 Å². The third-order valence-corrected chi connectivity index (χ3v) is 3.21. The quantitative estimate of drug-likeness (QED) is 0.883. The van der Waals surface area contributed by atoms with E-state index in [2.05, 4.69) is 21.2 Å². The van der Waals surface area contributed by atoms with E-state index < -0.39 is 0 Å². The number of nitrogens with one attached hydrogen (secondary N) is 1. The van der Waals surface area contributed by atoms with E-state index in [1.165, 1.54) is 6.07 Å². The first-order chi connectivity index (χ1) is 9.19. The molecule has 0 unspecified atom stereocenters. The standard InChI is InChI=1S/C15H15BrFNO/c1-19-10-12-4-2-3-11(7-12)9-18-15-6-5-13(16)8-14(15)17/h2-8,18H,9-10H2,1H3. The van der Waals surface area contributed by atoms with Crippen LogP contribution in [0, 0.1) is 5.82 Å². The Bertz CT molecular complexity index is 560. The van der Waals surface area contributed by atoms with E-state index in [0.29, 0.717) is 18.8 Å². The summed E-state index contributed by atoms with van der Waals surface area (Å²) in [5.74, 6) is -0.262. The third kappa shape index (κ3) is 4.04. The maximum Gasteiger partial charge on any atom is 0.147 e. The molecule has 0 atom stereocenters. The van der Waals surface area contributed by atoms with Gasteiger partial charge in [0, 0.05) is 18.1 Å². The molecule has 0 saturated heterocycles. The molecule has 0 heterocycles. The van der Waals surface area contributed by atoms with Gasteiger partial charge in [-0.2, -0.15) is 0 Å². The molecule has 1 N–H and O–H groups in total. The summed E-state index contributed by atoms with van der Waals surface area (Å²) in [6, 6.07) is 13.0. The predicted molar refractivity (Wildman–Crippen MR) is 78.6 cm³/mol. The first kappa shape index (κ1) is 14.0. The molecule has 0 aliphatic carbocycles. The highest BCUT2D eigenvalue weighted by Gasteiger charge is 2.02. The van der Waals surface area contributed by atoms with Crippen LogP contribution >= 0.6 is 15.9 Å². The Morgan fingerprint density at radius 3 is 2.68 bits per heavy atom. The average molecular weight is 324 g/mol. The number of rotatable bonds is 5. The molecule has 0 bridgehead atoms. The van der Waals surface area contributed by atoms with Gasteiger partial charge >= 0.3 is 0 Å². The van der Waals surface area contributed by atoms with Crippen molar-refractivity contribution in [1.82, 2.24) is 0 Å². The molecule has 0 spiro atoms. The van der Waals surface area contributed by atoms with Crippen LogP contribution in [0.15, 0.2) is 46.9 Å². The Morgan fingerprint density at radius 2 is 1.95 bits per heavy atom. The van der Waals surface area contributed by atoms with Crippen molar-refractivity contribution >= 4 is 21.6 Å². The Hall–Kier alpha value is -1.39. The number of hydrogen-bond acceptors (Lipinski definition) is 2. The summed E-state index contributed by atoms with van der Waals surface area (Å²) in [6.07, 6.45) is 0. The van der Waals surface area contributed by atoms with Crippen molar-refractivity contribution < 1.29 is 9.13 Å². The fourth-order valence-electron chi connectivity index (χ4n) is 1.83. The smallest absolute Gasteiger partial charge is 0.147 e. The van der Waals surface area contributed by atoms with E-state index in [1.54, 1.807) is 13.2 Å². The molecular formula is C15H15BrFNO. The summed E-state index contributed by atoms with van der Waals surface area (Å²) in [5.41, 5.74) is 2.70. The second-order valence-corrected chi connectivity index (χ2v) is 5.15. The lowest BCUT2D eigenvalue weighted by atomic mass is 10.1. The number of benzene rings is 2. The van der Waals surface area contributed by atoms with E-state index in [9.17, 15) is 4.39 Å². The fourth-order valence-corrected chi connectivity index (χ4v) is 2.16. The molecule has 0 saturated carbocycles. The Balaban J connectivity index is 2.03. The van der Waals surface area contributed by atoms with Gasteiger partial charge in [-0.05, 0) is 29.3 Å².